The highest BCUT2D eigenvalue weighted by Gasteiger charge is 2.14. The number of rotatable bonds is 9. The maximum absolute atomic E-state index is 5.81. The van der Waals surface area contributed by atoms with Crippen LogP contribution in [0.1, 0.15) is 53.4 Å². The smallest absolute Gasteiger partial charge is 0.245 e. The molecule has 0 aliphatic heterocycles. The largest absolute Gasteiger partial charge is 0.476 e. The van der Waals surface area contributed by atoms with Crippen LogP contribution in [0.4, 0.5) is 5.95 Å². The summed E-state index contributed by atoms with van der Waals surface area (Å²) in [7, 11) is 0. The number of nitrogens with two attached hydrogens (primary N) is 1. The van der Waals surface area contributed by atoms with Crippen molar-refractivity contribution >= 4 is 17.1 Å². The van der Waals surface area contributed by atoms with Crippen LogP contribution in [-0.2, 0) is 6.54 Å². The molecule has 134 valence electrons. The molecule has 2 aromatic heterocycles. The zero-order chi connectivity index (χ0) is 17.6. The van der Waals surface area contributed by atoms with Crippen LogP contribution in [0, 0.1) is 0 Å². The Kier molecular flexibility index (Phi) is 6.36. The summed E-state index contributed by atoms with van der Waals surface area (Å²) in [6, 6.07) is 0. The van der Waals surface area contributed by atoms with Gasteiger partial charge in [0.25, 0.3) is 0 Å². The number of aryl methyl sites for hydroxylation is 1. The van der Waals surface area contributed by atoms with Crippen LogP contribution < -0.4 is 15.8 Å². The molecule has 0 atom stereocenters. The second kappa shape index (κ2) is 8.28. The quantitative estimate of drug-likeness (QED) is 0.685. The van der Waals surface area contributed by atoms with E-state index in [1.54, 1.807) is 6.33 Å². The topological polar surface area (TPSA) is 90.9 Å². The van der Waals surface area contributed by atoms with Crippen molar-refractivity contribution in [3.05, 3.63) is 6.33 Å². The molecule has 0 bridgehead atoms. The van der Waals surface area contributed by atoms with E-state index in [-0.39, 0.29) is 11.5 Å². The molecule has 0 unspecified atom stereocenters. The first-order chi connectivity index (χ1) is 11.4. The van der Waals surface area contributed by atoms with Gasteiger partial charge in [0.2, 0.25) is 11.8 Å². The van der Waals surface area contributed by atoms with Crippen molar-refractivity contribution in [3.63, 3.8) is 0 Å². The van der Waals surface area contributed by atoms with Gasteiger partial charge in [0.05, 0.1) is 12.9 Å². The normalized spacial score (nSPS) is 12.0. The second-order valence-electron chi connectivity index (χ2n) is 7.08. The summed E-state index contributed by atoms with van der Waals surface area (Å²) >= 11 is 0. The Morgan fingerprint density at radius 3 is 2.71 bits per heavy atom. The van der Waals surface area contributed by atoms with Crippen LogP contribution in [0.2, 0.25) is 0 Å². The predicted molar refractivity (Wildman–Crippen MR) is 97.1 cm³/mol. The Morgan fingerprint density at radius 2 is 2.00 bits per heavy atom. The van der Waals surface area contributed by atoms with E-state index >= 15 is 0 Å². The van der Waals surface area contributed by atoms with Gasteiger partial charge in [-0.2, -0.15) is 9.97 Å². The number of anilines is 1. The van der Waals surface area contributed by atoms with Crippen molar-refractivity contribution in [3.8, 4) is 5.88 Å². The van der Waals surface area contributed by atoms with E-state index in [9.17, 15) is 0 Å². The summed E-state index contributed by atoms with van der Waals surface area (Å²) in [5, 5.41) is 3.50. The SMILES string of the molecule is CCCCOc1nc(N)nc2ncn(CCCCNC(C)(C)C)c12. The first-order valence-corrected chi connectivity index (χ1v) is 8.77. The van der Waals surface area contributed by atoms with Gasteiger partial charge in [0.1, 0.15) is 0 Å². The van der Waals surface area contributed by atoms with E-state index in [0.717, 1.165) is 44.3 Å². The molecular weight excluding hydrogens is 304 g/mol. The summed E-state index contributed by atoms with van der Waals surface area (Å²) in [5.41, 5.74) is 7.35. The van der Waals surface area contributed by atoms with E-state index in [1.807, 2.05) is 0 Å². The van der Waals surface area contributed by atoms with Crippen molar-refractivity contribution < 1.29 is 4.74 Å². The molecule has 0 radical (unpaired) electrons. The second-order valence-corrected chi connectivity index (χ2v) is 7.08. The highest BCUT2D eigenvalue weighted by Crippen LogP contribution is 2.23. The van der Waals surface area contributed by atoms with Crippen molar-refractivity contribution in [1.82, 2.24) is 24.8 Å². The standard InChI is InChI=1S/C17H30N6O/c1-5-6-11-24-15-13-14(21-16(18)22-15)19-12-23(13)10-8-7-9-20-17(2,3)4/h12,20H,5-11H2,1-4H3,(H2,18,21,22). The van der Waals surface area contributed by atoms with Crippen LogP contribution in [0.5, 0.6) is 5.88 Å². The molecule has 2 aromatic rings. The highest BCUT2D eigenvalue weighted by atomic mass is 16.5. The van der Waals surface area contributed by atoms with Crippen molar-refractivity contribution in [2.24, 2.45) is 0 Å². The summed E-state index contributed by atoms with van der Waals surface area (Å²) in [5.74, 6) is 0.741. The summed E-state index contributed by atoms with van der Waals surface area (Å²) in [6.07, 6.45) is 6.00. The van der Waals surface area contributed by atoms with Crippen molar-refractivity contribution in [1.29, 1.82) is 0 Å². The molecule has 0 aromatic carbocycles. The van der Waals surface area contributed by atoms with E-state index in [4.69, 9.17) is 10.5 Å². The van der Waals surface area contributed by atoms with E-state index in [0.29, 0.717) is 18.1 Å². The van der Waals surface area contributed by atoms with E-state index < -0.39 is 0 Å². The molecule has 0 saturated carbocycles. The Hall–Kier alpha value is -1.89. The third-order valence-corrected chi connectivity index (χ3v) is 3.68. The molecule has 2 rings (SSSR count). The summed E-state index contributed by atoms with van der Waals surface area (Å²) in [4.78, 5) is 12.8. The number of hydrogen-bond donors (Lipinski definition) is 2. The number of ether oxygens (including phenoxy) is 1. The fourth-order valence-corrected chi connectivity index (χ4v) is 2.42. The van der Waals surface area contributed by atoms with Gasteiger partial charge in [-0.15, -0.1) is 0 Å². The molecule has 0 aliphatic carbocycles. The molecule has 0 amide bonds. The van der Waals surface area contributed by atoms with Gasteiger partial charge < -0.3 is 20.4 Å². The van der Waals surface area contributed by atoms with E-state index in [2.05, 4.69) is 52.5 Å². The van der Waals surface area contributed by atoms with Gasteiger partial charge in [0, 0.05) is 12.1 Å². The zero-order valence-electron chi connectivity index (χ0n) is 15.3. The molecule has 7 heteroatoms. The lowest BCUT2D eigenvalue weighted by Gasteiger charge is -2.20. The Balaban J connectivity index is 2.02. The van der Waals surface area contributed by atoms with Gasteiger partial charge in [-0.25, -0.2) is 4.98 Å². The fraction of sp³-hybridized carbons (Fsp3) is 0.706. The molecule has 3 N–H and O–H groups in total. The first kappa shape index (κ1) is 18.4. The maximum Gasteiger partial charge on any atom is 0.245 e. The maximum atomic E-state index is 5.81. The third-order valence-electron chi connectivity index (χ3n) is 3.68. The molecule has 0 fully saturated rings. The lowest BCUT2D eigenvalue weighted by molar-refractivity contribution is 0.300. The summed E-state index contributed by atoms with van der Waals surface area (Å²) in [6.45, 7) is 11.2. The average molecular weight is 334 g/mol. The fourth-order valence-electron chi connectivity index (χ4n) is 2.42. The number of nitrogen functional groups attached to an aromatic ring is 1. The molecule has 7 nitrogen and oxygen atoms in total. The minimum atomic E-state index is 0.160. The number of aromatic nitrogens is 4. The minimum absolute atomic E-state index is 0.160. The molecule has 2 heterocycles. The Labute approximate surface area is 144 Å². The zero-order valence-corrected chi connectivity index (χ0v) is 15.3. The lowest BCUT2D eigenvalue weighted by Crippen LogP contribution is -2.36. The van der Waals surface area contributed by atoms with Gasteiger partial charge >= 0.3 is 0 Å². The molecule has 0 spiro atoms. The molecule has 0 saturated heterocycles. The van der Waals surface area contributed by atoms with Crippen LogP contribution >= 0.6 is 0 Å². The minimum Gasteiger partial charge on any atom is -0.476 e. The number of fused-ring (bicyclic) bond motifs is 1. The summed E-state index contributed by atoms with van der Waals surface area (Å²) < 4.78 is 7.87. The van der Waals surface area contributed by atoms with Gasteiger partial charge in [-0.3, -0.25) is 0 Å². The number of hydrogen-bond acceptors (Lipinski definition) is 6. The average Bonchev–Trinajstić information content (AvgIpc) is 2.89. The molecule has 0 aliphatic rings. The highest BCUT2D eigenvalue weighted by molar-refractivity contribution is 5.77. The molecule has 24 heavy (non-hydrogen) atoms. The number of nitrogens with zero attached hydrogens (tertiary/aromatic N) is 4. The van der Waals surface area contributed by atoms with Crippen LogP contribution in [0.25, 0.3) is 11.2 Å². The number of nitrogens with one attached hydrogen (secondary N) is 1. The number of unbranched alkanes of at least 4 members (excludes halogenated alkanes) is 2. The Bertz CT molecular complexity index is 646. The van der Waals surface area contributed by atoms with Gasteiger partial charge in [-0.1, -0.05) is 13.3 Å². The van der Waals surface area contributed by atoms with Crippen LogP contribution in [0.15, 0.2) is 6.33 Å². The first-order valence-electron chi connectivity index (χ1n) is 8.77. The third kappa shape index (κ3) is 5.33. The van der Waals surface area contributed by atoms with Gasteiger partial charge in [-0.05, 0) is 46.6 Å². The lowest BCUT2D eigenvalue weighted by atomic mass is 10.1. The van der Waals surface area contributed by atoms with Crippen molar-refractivity contribution in [2.45, 2.75) is 65.5 Å². The monoisotopic (exact) mass is 334 g/mol. The van der Waals surface area contributed by atoms with Gasteiger partial charge in [0.15, 0.2) is 11.2 Å². The van der Waals surface area contributed by atoms with Crippen molar-refractivity contribution in [2.75, 3.05) is 18.9 Å². The van der Waals surface area contributed by atoms with E-state index in [1.165, 1.54) is 0 Å². The predicted octanol–water partition coefficient (Wildman–Crippen LogP) is 2.76. The number of imidazole rings is 1. The van der Waals surface area contributed by atoms with Crippen LogP contribution in [-0.4, -0.2) is 38.2 Å². The van der Waals surface area contributed by atoms with Crippen LogP contribution in [0.3, 0.4) is 0 Å². The molecular formula is C17H30N6O. The Morgan fingerprint density at radius 1 is 1.21 bits per heavy atom.